The van der Waals surface area contributed by atoms with E-state index in [9.17, 15) is 4.79 Å². The fourth-order valence-electron chi connectivity index (χ4n) is 4.08. The van der Waals surface area contributed by atoms with Crippen LogP contribution in [-0.4, -0.2) is 5.91 Å². The van der Waals surface area contributed by atoms with Gasteiger partial charge in [-0.2, -0.15) is 0 Å². The molecule has 0 fully saturated rings. The third-order valence-corrected chi connectivity index (χ3v) is 7.70. The van der Waals surface area contributed by atoms with Gasteiger partial charge in [-0.25, -0.2) is 0 Å². The summed E-state index contributed by atoms with van der Waals surface area (Å²) in [6.45, 7) is 7.02. The number of hydrogen-bond donors (Lipinski definition) is 2. The van der Waals surface area contributed by atoms with E-state index in [2.05, 4.69) is 31.4 Å². The van der Waals surface area contributed by atoms with Gasteiger partial charge < -0.3 is 10.6 Å². The molecule has 5 heteroatoms. The van der Waals surface area contributed by atoms with Crippen LogP contribution in [0.15, 0.2) is 24.3 Å². The average Bonchev–Trinajstić information content (AvgIpc) is 3.00. The molecule has 0 unspecified atom stereocenters. The second-order valence-electron chi connectivity index (χ2n) is 8.09. The Morgan fingerprint density at radius 1 is 1.23 bits per heavy atom. The third-order valence-electron chi connectivity index (χ3n) is 6.26. The molecule has 26 heavy (non-hydrogen) atoms. The van der Waals surface area contributed by atoms with Crippen molar-refractivity contribution in [1.29, 1.82) is 0 Å². The van der Waals surface area contributed by atoms with Crippen LogP contribution < -0.4 is 10.6 Å². The third kappa shape index (κ3) is 3.03. The van der Waals surface area contributed by atoms with Crippen molar-refractivity contribution >= 4 is 33.8 Å². The Labute approximate surface area is 164 Å². The highest BCUT2D eigenvalue weighted by molar-refractivity contribution is 7.16. The minimum absolute atomic E-state index is 0.0457. The maximum absolute atomic E-state index is 12.8. The van der Waals surface area contributed by atoms with Crippen LogP contribution >= 0.6 is 22.9 Å². The second-order valence-corrected chi connectivity index (χ2v) is 9.63. The van der Waals surface area contributed by atoms with Crippen LogP contribution in [0.4, 0.5) is 5.00 Å². The Morgan fingerprint density at radius 2 is 1.96 bits per heavy atom. The smallest absolute Gasteiger partial charge is 0.256 e. The predicted molar refractivity (Wildman–Crippen MR) is 109 cm³/mol. The summed E-state index contributed by atoms with van der Waals surface area (Å²) in [6, 6.07) is 7.63. The molecule has 2 aliphatic rings. The average molecular weight is 389 g/mol. The standard InChI is InChI=1S/C21H25ClN2OS/c1-4-21(2,3)13-7-10-15-16(11-13)26-20-17(15)19(25)23-18(24-20)12-5-8-14(22)9-6-12/h5-6,8-9,13,18,24H,4,7,10-11H2,1-3H3,(H,23,25)/t13-,18-/m0/s1. The van der Waals surface area contributed by atoms with E-state index in [1.807, 2.05) is 24.3 Å². The Kier molecular flexibility index (Phi) is 4.52. The molecule has 0 saturated heterocycles. The van der Waals surface area contributed by atoms with Gasteiger partial charge in [0.15, 0.2) is 0 Å². The molecule has 1 amide bonds. The normalized spacial score (nSPS) is 22.2. The first-order chi connectivity index (χ1) is 12.4. The maximum Gasteiger partial charge on any atom is 0.256 e. The fraction of sp³-hybridized carbons (Fsp3) is 0.476. The number of thiophene rings is 1. The van der Waals surface area contributed by atoms with E-state index >= 15 is 0 Å². The quantitative estimate of drug-likeness (QED) is 0.697. The van der Waals surface area contributed by atoms with Crippen LogP contribution in [0, 0.1) is 11.3 Å². The zero-order chi connectivity index (χ0) is 18.5. The molecule has 1 aliphatic carbocycles. The lowest BCUT2D eigenvalue weighted by Gasteiger charge is -2.36. The molecule has 138 valence electrons. The zero-order valence-corrected chi connectivity index (χ0v) is 17.1. The fourth-order valence-corrected chi connectivity index (χ4v) is 5.55. The lowest BCUT2D eigenvalue weighted by atomic mass is 9.69. The van der Waals surface area contributed by atoms with E-state index in [0.717, 1.165) is 29.0 Å². The highest BCUT2D eigenvalue weighted by Crippen LogP contribution is 2.46. The van der Waals surface area contributed by atoms with E-state index < -0.39 is 0 Å². The molecule has 4 rings (SSSR count). The van der Waals surface area contributed by atoms with Gasteiger partial charge in [0.1, 0.15) is 11.2 Å². The predicted octanol–water partition coefficient (Wildman–Crippen LogP) is 5.80. The molecule has 1 aromatic carbocycles. The number of fused-ring (bicyclic) bond motifs is 3. The Hall–Kier alpha value is -1.52. The number of hydrogen-bond acceptors (Lipinski definition) is 3. The summed E-state index contributed by atoms with van der Waals surface area (Å²) < 4.78 is 0. The van der Waals surface area contributed by atoms with Crippen LogP contribution in [0.5, 0.6) is 0 Å². The summed E-state index contributed by atoms with van der Waals surface area (Å²) in [6.07, 6.45) is 4.26. The largest absolute Gasteiger partial charge is 0.353 e. The topological polar surface area (TPSA) is 41.1 Å². The summed E-state index contributed by atoms with van der Waals surface area (Å²) >= 11 is 7.76. The molecule has 0 bridgehead atoms. The van der Waals surface area contributed by atoms with Gasteiger partial charge >= 0.3 is 0 Å². The summed E-state index contributed by atoms with van der Waals surface area (Å²) in [5.74, 6) is 0.736. The van der Waals surface area contributed by atoms with Gasteiger partial charge in [-0.05, 0) is 53.9 Å². The molecular weight excluding hydrogens is 364 g/mol. The van der Waals surface area contributed by atoms with Gasteiger partial charge in [-0.1, -0.05) is 50.9 Å². The number of amides is 1. The molecule has 0 spiro atoms. The van der Waals surface area contributed by atoms with Gasteiger partial charge in [0.05, 0.1) is 5.56 Å². The van der Waals surface area contributed by atoms with E-state index in [4.69, 9.17) is 11.6 Å². The van der Waals surface area contributed by atoms with Crippen molar-refractivity contribution in [2.75, 3.05) is 5.32 Å². The van der Waals surface area contributed by atoms with Crippen LogP contribution in [0.2, 0.25) is 5.02 Å². The molecule has 0 radical (unpaired) electrons. The summed E-state index contributed by atoms with van der Waals surface area (Å²) in [5.41, 5.74) is 3.52. The van der Waals surface area contributed by atoms with Gasteiger partial charge in [-0.15, -0.1) is 11.3 Å². The van der Waals surface area contributed by atoms with Gasteiger partial charge in [0.25, 0.3) is 5.91 Å². The van der Waals surface area contributed by atoms with Gasteiger partial charge in [-0.3, -0.25) is 4.79 Å². The highest BCUT2D eigenvalue weighted by Gasteiger charge is 2.37. The molecule has 2 N–H and O–H groups in total. The Morgan fingerprint density at radius 3 is 2.65 bits per heavy atom. The zero-order valence-electron chi connectivity index (χ0n) is 15.5. The monoisotopic (exact) mass is 388 g/mol. The van der Waals surface area contributed by atoms with Gasteiger partial charge in [0, 0.05) is 9.90 Å². The van der Waals surface area contributed by atoms with Crippen LogP contribution in [0.25, 0.3) is 0 Å². The van der Waals surface area contributed by atoms with E-state index in [1.54, 1.807) is 11.3 Å². The summed E-state index contributed by atoms with van der Waals surface area (Å²) in [4.78, 5) is 14.2. The van der Waals surface area contributed by atoms with Crippen molar-refractivity contribution in [3.8, 4) is 0 Å². The van der Waals surface area contributed by atoms with Crippen LogP contribution in [-0.2, 0) is 12.8 Å². The van der Waals surface area contributed by atoms with Crippen molar-refractivity contribution in [2.45, 2.75) is 52.6 Å². The summed E-state index contributed by atoms with van der Waals surface area (Å²) in [7, 11) is 0. The lowest BCUT2D eigenvalue weighted by molar-refractivity contribution is 0.0934. The van der Waals surface area contributed by atoms with Crippen LogP contribution in [0.3, 0.4) is 0 Å². The van der Waals surface area contributed by atoms with Crippen molar-refractivity contribution in [3.63, 3.8) is 0 Å². The number of carbonyl (C=O) groups excluding carboxylic acids is 1. The first-order valence-electron chi connectivity index (χ1n) is 9.36. The number of rotatable bonds is 3. The van der Waals surface area contributed by atoms with Crippen molar-refractivity contribution in [3.05, 3.63) is 50.9 Å². The van der Waals surface area contributed by atoms with E-state index in [1.165, 1.54) is 23.3 Å². The minimum Gasteiger partial charge on any atom is -0.353 e. The number of carbonyl (C=O) groups is 1. The molecule has 3 nitrogen and oxygen atoms in total. The summed E-state index contributed by atoms with van der Waals surface area (Å²) in [5, 5.41) is 8.37. The molecule has 1 aromatic heterocycles. The van der Waals surface area contributed by atoms with Crippen molar-refractivity contribution in [1.82, 2.24) is 5.32 Å². The first-order valence-corrected chi connectivity index (χ1v) is 10.6. The molecule has 0 saturated carbocycles. The minimum atomic E-state index is -0.199. The number of nitrogens with one attached hydrogen (secondary N) is 2. The maximum atomic E-state index is 12.8. The SMILES string of the molecule is CCC(C)(C)[C@H]1CCc2c(sc3c2C(=O)N[C@H](c2ccc(Cl)cc2)N3)C1. The molecule has 1 aliphatic heterocycles. The number of anilines is 1. The second kappa shape index (κ2) is 6.58. The van der Waals surface area contributed by atoms with Crippen molar-refractivity contribution < 1.29 is 4.79 Å². The Balaban J connectivity index is 1.63. The Bertz CT molecular complexity index is 840. The highest BCUT2D eigenvalue weighted by atomic mass is 35.5. The molecule has 2 aromatic rings. The van der Waals surface area contributed by atoms with E-state index in [0.29, 0.717) is 16.4 Å². The molecule has 2 atom stereocenters. The number of benzene rings is 1. The van der Waals surface area contributed by atoms with Crippen molar-refractivity contribution in [2.24, 2.45) is 11.3 Å². The van der Waals surface area contributed by atoms with E-state index in [-0.39, 0.29) is 12.1 Å². The number of halogens is 1. The van der Waals surface area contributed by atoms with Crippen LogP contribution in [0.1, 0.15) is 66.1 Å². The molecule has 2 heterocycles. The lowest BCUT2D eigenvalue weighted by Crippen LogP contribution is -2.38. The molecular formula is C21H25ClN2OS. The van der Waals surface area contributed by atoms with Gasteiger partial charge in [0.2, 0.25) is 0 Å². The first kappa shape index (κ1) is 17.9.